The van der Waals surface area contributed by atoms with Crippen LogP contribution in [-0.4, -0.2) is 5.91 Å². The van der Waals surface area contributed by atoms with Gasteiger partial charge in [0.2, 0.25) is 5.91 Å². The van der Waals surface area contributed by atoms with Gasteiger partial charge in [-0.15, -0.1) is 0 Å². The SMILES string of the molecule is O=C(CC1C=CCC1)Nc1cccc(C(F)(F)F)c1. The first-order valence-electron chi connectivity index (χ1n) is 6.09. The van der Waals surface area contributed by atoms with Crippen molar-refractivity contribution in [2.24, 2.45) is 5.92 Å². The summed E-state index contributed by atoms with van der Waals surface area (Å²) in [5, 5.41) is 2.51. The fourth-order valence-corrected chi connectivity index (χ4v) is 2.09. The van der Waals surface area contributed by atoms with Crippen LogP contribution in [0.3, 0.4) is 0 Å². The third-order valence-electron chi connectivity index (χ3n) is 3.03. The number of alkyl halides is 3. The molecule has 0 fully saturated rings. The van der Waals surface area contributed by atoms with Crippen molar-refractivity contribution in [2.75, 3.05) is 5.32 Å². The van der Waals surface area contributed by atoms with Gasteiger partial charge in [-0.25, -0.2) is 0 Å². The van der Waals surface area contributed by atoms with Crippen LogP contribution in [0.4, 0.5) is 18.9 Å². The number of carbonyl (C=O) groups excluding carboxylic acids is 1. The monoisotopic (exact) mass is 269 g/mol. The zero-order valence-corrected chi connectivity index (χ0v) is 10.2. The van der Waals surface area contributed by atoms with E-state index in [2.05, 4.69) is 5.32 Å². The van der Waals surface area contributed by atoms with E-state index in [0.717, 1.165) is 25.0 Å². The van der Waals surface area contributed by atoms with Crippen LogP contribution in [0.15, 0.2) is 36.4 Å². The van der Waals surface area contributed by atoms with Gasteiger partial charge < -0.3 is 5.32 Å². The van der Waals surface area contributed by atoms with Gasteiger partial charge in [0.05, 0.1) is 5.56 Å². The highest BCUT2D eigenvalue weighted by molar-refractivity contribution is 5.91. The molecule has 102 valence electrons. The van der Waals surface area contributed by atoms with Gasteiger partial charge in [0.15, 0.2) is 0 Å². The summed E-state index contributed by atoms with van der Waals surface area (Å²) < 4.78 is 37.5. The van der Waals surface area contributed by atoms with Gasteiger partial charge in [0, 0.05) is 12.1 Å². The molecule has 0 radical (unpaired) electrons. The molecule has 0 saturated carbocycles. The van der Waals surface area contributed by atoms with Crippen LogP contribution >= 0.6 is 0 Å². The number of nitrogens with one attached hydrogen (secondary N) is 1. The molecule has 1 unspecified atom stereocenters. The third kappa shape index (κ3) is 3.84. The number of benzene rings is 1. The van der Waals surface area contributed by atoms with Crippen LogP contribution in [0.25, 0.3) is 0 Å². The Morgan fingerprint density at radius 1 is 1.37 bits per heavy atom. The Morgan fingerprint density at radius 2 is 2.16 bits per heavy atom. The second-order valence-electron chi connectivity index (χ2n) is 4.60. The summed E-state index contributed by atoms with van der Waals surface area (Å²) in [4.78, 5) is 11.7. The van der Waals surface area contributed by atoms with E-state index < -0.39 is 11.7 Å². The summed E-state index contributed by atoms with van der Waals surface area (Å²) in [6.45, 7) is 0. The number of amides is 1. The maximum atomic E-state index is 12.5. The molecule has 1 aliphatic rings. The number of hydrogen-bond donors (Lipinski definition) is 1. The molecule has 2 nitrogen and oxygen atoms in total. The molecular formula is C14H14F3NO. The number of hydrogen-bond acceptors (Lipinski definition) is 1. The average Bonchev–Trinajstić information content (AvgIpc) is 2.80. The van der Waals surface area contributed by atoms with Crippen LogP contribution in [0.2, 0.25) is 0 Å². The highest BCUT2D eigenvalue weighted by Crippen LogP contribution is 2.30. The second kappa shape index (κ2) is 5.47. The minimum absolute atomic E-state index is 0.182. The molecule has 1 N–H and O–H groups in total. The van der Waals surface area contributed by atoms with E-state index >= 15 is 0 Å². The number of rotatable bonds is 3. The molecule has 0 heterocycles. The van der Waals surface area contributed by atoms with Crippen LogP contribution < -0.4 is 5.32 Å². The fourth-order valence-electron chi connectivity index (χ4n) is 2.09. The number of carbonyl (C=O) groups is 1. The van der Waals surface area contributed by atoms with Crippen molar-refractivity contribution < 1.29 is 18.0 Å². The minimum atomic E-state index is -4.39. The maximum Gasteiger partial charge on any atom is 0.416 e. The zero-order valence-electron chi connectivity index (χ0n) is 10.2. The molecule has 5 heteroatoms. The molecule has 1 atom stereocenters. The lowest BCUT2D eigenvalue weighted by atomic mass is 10.0. The molecule has 0 aromatic heterocycles. The van der Waals surface area contributed by atoms with Crippen molar-refractivity contribution >= 4 is 11.6 Å². The van der Waals surface area contributed by atoms with Crippen molar-refractivity contribution in [3.8, 4) is 0 Å². The maximum absolute atomic E-state index is 12.5. The Hall–Kier alpha value is -1.78. The average molecular weight is 269 g/mol. The quantitative estimate of drug-likeness (QED) is 0.826. The van der Waals surface area contributed by atoms with Crippen molar-refractivity contribution in [1.29, 1.82) is 0 Å². The molecule has 0 aliphatic heterocycles. The fraction of sp³-hybridized carbons (Fsp3) is 0.357. The number of anilines is 1. The Labute approximate surface area is 109 Å². The van der Waals surface area contributed by atoms with Crippen molar-refractivity contribution in [3.63, 3.8) is 0 Å². The van der Waals surface area contributed by atoms with E-state index in [9.17, 15) is 18.0 Å². The number of halogens is 3. The van der Waals surface area contributed by atoms with E-state index in [4.69, 9.17) is 0 Å². The van der Waals surface area contributed by atoms with Crippen molar-refractivity contribution in [1.82, 2.24) is 0 Å². The van der Waals surface area contributed by atoms with Gasteiger partial charge in [0.25, 0.3) is 0 Å². The lowest BCUT2D eigenvalue weighted by Gasteiger charge is -2.11. The summed E-state index contributed by atoms with van der Waals surface area (Å²) in [5.41, 5.74) is -0.576. The van der Waals surface area contributed by atoms with Crippen molar-refractivity contribution in [2.45, 2.75) is 25.4 Å². The molecule has 19 heavy (non-hydrogen) atoms. The van der Waals surface area contributed by atoms with E-state index in [1.165, 1.54) is 12.1 Å². The highest BCUT2D eigenvalue weighted by atomic mass is 19.4. The van der Waals surface area contributed by atoms with Gasteiger partial charge in [-0.3, -0.25) is 4.79 Å². The first-order valence-corrected chi connectivity index (χ1v) is 6.09. The topological polar surface area (TPSA) is 29.1 Å². The molecule has 1 aromatic carbocycles. The van der Waals surface area contributed by atoms with Crippen molar-refractivity contribution in [3.05, 3.63) is 42.0 Å². The zero-order chi connectivity index (χ0) is 13.9. The van der Waals surface area contributed by atoms with E-state index in [1.807, 2.05) is 12.2 Å². The summed E-state index contributed by atoms with van der Waals surface area (Å²) in [6.07, 6.45) is 1.80. The Kier molecular flexibility index (Phi) is 3.93. The second-order valence-corrected chi connectivity index (χ2v) is 4.60. The molecule has 0 spiro atoms. The normalized spacial score (nSPS) is 18.6. The summed E-state index contributed by atoms with van der Waals surface area (Å²) in [7, 11) is 0. The van der Waals surface area contributed by atoms with E-state index in [-0.39, 0.29) is 17.5 Å². The Bertz CT molecular complexity index is 494. The van der Waals surface area contributed by atoms with Gasteiger partial charge in [-0.1, -0.05) is 18.2 Å². The molecule has 1 aromatic rings. The predicted molar refractivity (Wildman–Crippen MR) is 66.6 cm³/mol. The van der Waals surface area contributed by atoms with Crippen LogP contribution in [0.5, 0.6) is 0 Å². The standard InChI is InChI=1S/C14H14F3NO/c15-14(16,17)11-6-3-7-12(9-11)18-13(19)8-10-4-1-2-5-10/h1,3-4,6-7,9-10H,2,5,8H2,(H,18,19). The van der Waals surface area contributed by atoms with Gasteiger partial charge in [-0.05, 0) is 37.0 Å². The van der Waals surface area contributed by atoms with E-state index in [0.29, 0.717) is 6.42 Å². The first-order chi connectivity index (χ1) is 8.95. The molecular weight excluding hydrogens is 255 g/mol. The molecule has 0 saturated heterocycles. The molecule has 1 aliphatic carbocycles. The third-order valence-corrected chi connectivity index (χ3v) is 3.03. The first kappa shape index (κ1) is 13.6. The Balaban J connectivity index is 1.98. The lowest BCUT2D eigenvalue weighted by molar-refractivity contribution is -0.137. The van der Waals surface area contributed by atoms with Gasteiger partial charge >= 0.3 is 6.18 Å². The number of allylic oxidation sites excluding steroid dienone is 2. The lowest BCUT2D eigenvalue weighted by Crippen LogP contribution is -2.15. The summed E-state index contributed by atoms with van der Waals surface area (Å²) in [5.74, 6) is -0.0540. The molecule has 0 bridgehead atoms. The molecule has 2 rings (SSSR count). The van der Waals surface area contributed by atoms with Gasteiger partial charge in [-0.2, -0.15) is 13.2 Å². The van der Waals surface area contributed by atoms with Crippen LogP contribution in [-0.2, 0) is 11.0 Å². The Morgan fingerprint density at radius 3 is 2.79 bits per heavy atom. The largest absolute Gasteiger partial charge is 0.416 e. The van der Waals surface area contributed by atoms with Crippen LogP contribution in [0.1, 0.15) is 24.8 Å². The van der Waals surface area contributed by atoms with Gasteiger partial charge in [0.1, 0.15) is 0 Å². The molecule has 1 amide bonds. The smallest absolute Gasteiger partial charge is 0.326 e. The van der Waals surface area contributed by atoms with E-state index in [1.54, 1.807) is 0 Å². The minimum Gasteiger partial charge on any atom is -0.326 e. The predicted octanol–water partition coefficient (Wildman–Crippen LogP) is 4.00. The summed E-state index contributed by atoms with van der Waals surface area (Å²) in [6, 6.07) is 4.67. The summed E-state index contributed by atoms with van der Waals surface area (Å²) >= 11 is 0. The highest BCUT2D eigenvalue weighted by Gasteiger charge is 2.30. The van der Waals surface area contributed by atoms with Crippen LogP contribution in [0, 0.1) is 5.92 Å².